The fraction of sp³-hybridized carbons (Fsp3) is 0.500. The molecule has 7 heteroatoms. The van der Waals surface area contributed by atoms with Crippen molar-refractivity contribution in [3.05, 3.63) is 18.5 Å². The van der Waals surface area contributed by atoms with Crippen LogP contribution in [0.25, 0.3) is 11.2 Å². The molecule has 4 rings (SSSR count). The molecule has 0 saturated heterocycles. The Morgan fingerprint density at radius 3 is 2.90 bits per heavy atom. The van der Waals surface area contributed by atoms with Crippen LogP contribution in [0.4, 0.5) is 16.2 Å². The van der Waals surface area contributed by atoms with E-state index in [0.717, 1.165) is 24.8 Å². The Bertz CT molecular complexity index is 705. The summed E-state index contributed by atoms with van der Waals surface area (Å²) in [6.45, 7) is -0.328. The Morgan fingerprint density at radius 1 is 1.33 bits per heavy atom. The van der Waals surface area contributed by atoms with Gasteiger partial charge in [-0.05, 0) is 19.3 Å². The maximum Gasteiger partial charge on any atom is 0.224 e. The van der Waals surface area contributed by atoms with E-state index in [1.165, 1.54) is 0 Å². The molecule has 2 aliphatic carbocycles. The molecule has 0 amide bonds. The van der Waals surface area contributed by atoms with Gasteiger partial charge >= 0.3 is 0 Å². The van der Waals surface area contributed by atoms with E-state index in [4.69, 9.17) is 5.73 Å². The van der Waals surface area contributed by atoms with Gasteiger partial charge in [-0.15, -0.1) is 0 Å². The van der Waals surface area contributed by atoms with Gasteiger partial charge < -0.3 is 15.6 Å². The first kappa shape index (κ1) is 12.6. The standard InChI is InChI=1S/C14H17FN6/c15-6-8-1-4-10(5-8)21-7-17-11-12(18-9-2-3-9)19-14(16)20-13(11)21/h1,4,7-10H,2-3,5-6H2,(H3,16,18,19,20)/t8-,10+/m1/s1. The Morgan fingerprint density at radius 2 is 2.19 bits per heavy atom. The summed E-state index contributed by atoms with van der Waals surface area (Å²) in [5, 5.41) is 3.34. The minimum absolute atomic E-state index is 0.0179. The lowest BCUT2D eigenvalue weighted by molar-refractivity contribution is 0.383. The average molecular weight is 288 g/mol. The second kappa shape index (κ2) is 4.68. The summed E-state index contributed by atoms with van der Waals surface area (Å²) in [5.74, 6) is 0.912. The van der Waals surface area contributed by atoms with Crippen molar-refractivity contribution in [2.45, 2.75) is 31.3 Å². The minimum atomic E-state index is -0.328. The van der Waals surface area contributed by atoms with Crippen molar-refractivity contribution in [1.29, 1.82) is 0 Å². The molecule has 0 unspecified atom stereocenters. The van der Waals surface area contributed by atoms with E-state index in [2.05, 4.69) is 20.3 Å². The molecule has 1 saturated carbocycles. The average Bonchev–Trinajstić information content (AvgIpc) is 3.01. The maximum atomic E-state index is 12.8. The van der Waals surface area contributed by atoms with E-state index >= 15 is 0 Å². The van der Waals surface area contributed by atoms with E-state index in [1.807, 2.05) is 16.7 Å². The van der Waals surface area contributed by atoms with Gasteiger partial charge in [0.15, 0.2) is 17.0 Å². The highest BCUT2D eigenvalue weighted by Gasteiger charge is 2.26. The second-order valence-corrected chi connectivity index (χ2v) is 5.78. The summed E-state index contributed by atoms with van der Waals surface area (Å²) in [6.07, 6.45) is 8.71. The molecule has 0 bridgehead atoms. The first-order valence-electron chi connectivity index (χ1n) is 7.25. The van der Waals surface area contributed by atoms with Crippen LogP contribution in [0, 0.1) is 5.92 Å². The van der Waals surface area contributed by atoms with Crippen molar-refractivity contribution in [3.8, 4) is 0 Å². The first-order chi connectivity index (χ1) is 10.2. The Labute approximate surface area is 121 Å². The number of allylic oxidation sites excluding steroid dienone is 2. The zero-order chi connectivity index (χ0) is 14.4. The fourth-order valence-corrected chi connectivity index (χ4v) is 2.77. The highest BCUT2D eigenvalue weighted by molar-refractivity contribution is 5.84. The first-order valence-corrected chi connectivity index (χ1v) is 7.25. The normalized spacial score (nSPS) is 24.8. The summed E-state index contributed by atoms with van der Waals surface area (Å²) in [6, 6.07) is 0.550. The fourth-order valence-electron chi connectivity index (χ4n) is 2.77. The van der Waals surface area contributed by atoms with E-state index in [9.17, 15) is 4.39 Å². The molecule has 2 heterocycles. The Hall–Kier alpha value is -2.18. The summed E-state index contributed by atoms with van der Waals surface area (Å²) < 4.78 is 14.7. The number of fused-ring (bicyclic) bond motifs is 1. The quantitative estimate of drug-likeness (QED) is 0.842. The number of halogens is 1. The Balaban J connectivity index is 1.73. The molecule has 21 heavy (non-hydrogen) atoms. The van der Waals surface area contributed by atoms with Crippen molar-refractivity contribution in [2.75, 3.05) is 17.7 Å². The van der Waals surface area contributed by atoms with Gasteiger partial charge in [-0.3, -0.25) is 4.39 Å². The number of aromatic nitrogens is 4. The molecule has 0 aromatic carbocycles. The molecule has 3 N–H and O–H groups in total. The number of nitrogens with zero attached hydrogens (tertiary/aromatic N) is 4. The SMILES string of the molecule is Nc1nc(NC2CC2)c2ncn([C@H]3C=C[C@@H](CF)C3)c2n1. The lowest BCUT2D eigenvalue weighted by atomic mass is 10.1. The highest BCUT2D eigenvalue weighted by atomic mass is 19.1. The summed E-state index contributed by atoms with van der Waals surface area (Å²) in [5.41, 5.74) is 7.26. The monoisotopic (exact) mass is 288 g/mol. The molecule has 6 nitrogen and oxygen atoms in total. The molecular formula is C14H17FN6. The third kappa shape index (κ3) is 2.22. The molecule has 0 aliphatic heterocycles. The minimum Gasteiger partial charge on any atom is -0.368 e. The van der Waals surface area contributed by atoms with Crippen LogP contribution >= 0.6 is 0 Å². The number of rotatable bonds is 4. The highest BCUT2D eigenvalue weighted by Crippen LogP contribution is 2.33. The van der Waals surface area contributed by atoms with Gasteiger partial charge in [-0.2, -0.15) is 9.97 Å². The number of hydrogen-bond donors (Lipinski definition) is 2. The topological polar surface area (TPSA) is 81.6 Å². The van der Waals surface area contributed by atoms with E-state index in [1.54, 1.807) is 6.33 Å². The third-order valence-electron chi connectivity index (χ3n) is 4.06. The van der Waals surface area contributed by atoms with Crippen molar-refractivity contribution < 1.29 is 4.39 Å². The number of nitrogens with two attached hydrogens (primary N) is 1. The van der Waals surface area contributed by atoms with Crippen LogP contribution in [-0.2, 0) is 0 Å². The number of anilines is 2. The van der Waals surface area contributed by atoms with Crippen LogP contribution in [0.15, 0.2) is 18.5 Å². The van der Waals surface area contributed by atoms with Gasteiger partial charge in [-0.1, -0.05) is 12.2 Å². The summed E-state index contributed by atoms with van der Waals surface area (Å²) >= 11 is 0. The van der Waals surface area contributed by atoms with Crippen LogP contribution in [0.5, 0.6) is 0 Å². The van der Waals surface area contributed by atoms with Gasteiger partial charge in [0.2, 0.25) is 5.95 Å². The van der Waals surface area contributed by atoms with Crippen LogP contribution in [-0.4, -0.2) is 32.2 Å². The number of nitrogens with one attached hydrogen (secondary N) is 1. The molecule has 0 spiro atoms. The lowest BCUT2D eigenvalue weighted by Gasteiger charge is -2.12. The smallest absolute Gasteiger partial charge is 0.224 e. The molecule has 2 aliphatic rings. The number of hydrogen-bond acceptors (Lipinski definition) is 5. The van der Waals surface area contributed by atoms with Gasteiger partial charge in [-0.25, -0.2) is 4.98 Å². The zero-order valence-corrected chi connectivity index (χ0v) is 11.5. The summed E-state index contributed by atoms with van der Waals surface area (Å²) in [7, 11) is 0. The van der Waals surface area contributed by atoms with Crippen molar-refractivity contribution in [3.63, 3.8) is 0 Å². The van der Waals surface area contributed by atoms with Crippen molar-refractivity contribution in [2.24, 2.45) is 5.92 Å². The number of alkyl halides is 1. The van der Waals surface area contributed by atoms with Gasteiger partial charge in [0.25, 0.3) is 0 Å². The van der Waals surface area contributed by atoms with E-state index in [0.29, 0.717) is 17.5 Å². The van der Waals surface area contributed by atoms with Gasteiger partial charge in [0, 0.05) is 12.0 Å². The van der Waals surface area contributed by atoms with Crippen LogP contribution in [0.3, 0.4) is 0 Å². The van der Waals surface area contributed by atoms with E-state index in [-0.39, 0.29) is 24.6 Å². The van der Waals surface area contributed by atoms with Crippen LogP contribution in [0.2, 0.25) is 0 Å². The third-order valence-corrected chi connectivity index (χ3v) is 4.06. The zero-order valence-electron chi connectivity index (χ0n) is 11.5. The van der Waals surface area contributed by atoms with Crippen LogP contribution < -0.4 is 11.1 Å². The molecule has 0 radical (unpaired) electrons. The molecule has 2 atom stereocenters. The largest absolute Gasteiger partial charge is 0.368 e. The molecule has 110 valence electrons. The lowest BCUT2D eigenvalue weighted by Crippen LogP contribution is -2.10. The molecular weight excluding hydrogens is 271 g/mol. The molecule has 2 aromatic heterocycles. The second-order valence-electron chi connectivity index (χ2n) is 5.78. The predicted octanol–water partition coefficient (Wildman–Crippen LogP) is 2.07. The van der Waals surface area contributed by atoms with E-state index < -0.39 is 0 Å². The Kier molecular flexibility index (Phi) is 2.80. The molecule has 1 fully saturated rings. The summed E-state index contributed by atoms with van der Waals surface area (Å²) in [4.78, 5) is 13.0. The maximum absolute atomic E-state index is 12.8. The van der Waals surface area contributed by atoms with Gasteiger partial charge in [0.05, 0.1) is 19.0 Å². The van der Waals surface area contributed by atoms with Crippen molar-refractivity contribution in [1.82, 2.24) is 19.5 Å². The number of imidazole rings is 1. The van der Waals surface area contributed by atoms with Crippen molar-refractivity contribution >= 4 is 22.9 Å². The van der Waals surface area contributed by atoms with Crippen LogP contribution in [0.1, 0.15) is 25.3 Å². The number of nitrogen functional groups attached to an aromatic ring is 1. The molecule has 2 aromatic rings. The predicted molar refractivity (Wildman–Crippen MR) is 78.6 cm³/mol. The van der Waals surface area contributed by atoms with Gasteiger partial charge in [0.1, 0.15) is 0 Å².